The molecule has 0 radical (unpaired) electrons. The van der Waals surface area contributed by atoms with Gasteiger partial charge in [0, 0.05) is 0 Å². The van der Waals surface area contributed by atoms with Gasteiger partial charge in [-0.05, 0) is 36.8 Å². The lowest BCUT2D eigenvalue weighted by Gasteiger charge is -2.23. The summed E-state index contributed by atoms with van der Waals surface area (Å²) in [5.41, 5.74) is 1.30. The van der Waals surface area contributed by atoms with Crippen LogP contribution < -0.4 is 5.32 Å². The second kappa shape index (κ2) is 5.15. The summed E-state index contributed by atoms with van der Waals surface area (Å²) in [5, 5.41) is 12.5. The first kappa shape index (κ1) is 14.1. The molecular weight excluding hydrogens is 292 g/mol. The minimum absolute atomic E-state index is 0.0115. The van der Waals surface area contributed by atoms with Crippen LogP contribution in [0, 0.1) is 30.6 Å². The molecule has 2 aliphatic rings. The van der Waals surface area contributed by atoms with Crippen LogP contribution in [0.25, 0.3) is 0 Å². The maximum Gasteiger partial charge on any atom is 0.307 e. The zero-order chi connectivity index (χ0) is 15.1. The molecule has 1 aromatic heterocycles. The number of aliphatic carboxylic acids is 1. The lowest BCUT2D eigenvalue weighted by Crippen LogP contribution is -2.36. The third-order valence-electron chi connectivity index (χ3n) is 4.33. The van der Waals surface area contributed by atoms with Gasteiger partial charge in [0.15, 0.2) is 0 Å². The molecule has 4 atom stereocenters. The standard InChI is InChI=1S/C15H15ClN2O3/c1-7-4-10(6-17-13(7)16)18-14(19)11-8-2-3-9(5-8)12(11)15(20)21/h2-4,6,8-9,11-12H,5H2,1H3,(H,18,19)(H,20,21). The summed E-state index contributed by atoms with van der Waals surface area (Å²) in [7, 11) is 0. The SMILES string of the molecule is Cc1cc(NC(=O)C2C3C=CC(C3)C2C(=O)O)cnc1Cl. The molecule has 110 valence electrons. The zero-order valence-corrected chi connectivity index (χ0v) is 12.2. The van der Waals surface area contributed by atoms with Crippen molar-refractivity contribution in [3.8, 4) is 0 Å². The quantitative estimate of drug-likeness (QED) is 0.664. The van der Waals surface area contributed by atoms with Gasteiger partial charge in [-0.2, -0.15) is 0 Å². The number of hydrogen-bond acceptors (Lipinski definition) is 3. The molecule has 4 unspecified atom stereocenters. The van der Waals surface area contributed by atoms with Crippen LogP contribution in [0.2, 0.25) is 5.15 Å². The maximum atomic E-state index is 12.4. The largest absolute Gasteiger partial charge is 0.481 e. The predicted octanol–water partition coefficient (Wildman–Crippen LogP) is 2.50. The molecule has 0 aromatic carbocycles. The Labute approximate surface area is 127 Å². The Bertz CT molecular complexity index is 644. The van der Waals surface area contributed by atoms with Crippen LogP contribution in [0.15, 0.2) is 24.4 Å². The lowest BCUT2D eigenvalue weighted by atomic mass is 9.82. The average molecular weight is 307 g/mol. The van der Waals surface area contributed by atoms with Crippen molar-refractivity contribution in [3.63, 3.8) is 0 Å². The van der Waals surface area contributed by atoms with E-state index in [0.717, 1.165) is 12.0 Å². The summed E-state index contributed by atoms with van der Waals surface area (Å²) in [6, 6.07) is 1.73. The normalized spacial score (nSPS) is 29.6. The van der Waals surface area contributed by atoms with Crippen molar-refractivity contribution < 1.29 is 14.7 Å². The Morgan fingerprint density at radius 2 is 2.00 bits per heavy atom. The molecule has 1 aromatic rings. The van der Waals surface area contributed by atoms with E-state index >= 15 is 0 Å². The first-order chi connectivity index (χ1) is 9.97. The van der Waals surface area contributed by atoms with Gasteiger partial charge in [0.25, 0.3) is 0 Å². The van der Waals surface area contributed by atoms with Gasteiger partial charge >= 0.3 is 5.97 Å². The predicted molar refractivity (Wildman–Crippen MR) is 78.0 cm³/mol. The molecule has 5 nitrogen and oxygen atoms in total. The number of carbonyl (C=O) groups excluding carboxylic acids is 1. The first-order valence-electron chi connectivity index (χ1n) is 6.81. The summed E-state index contributed by atoms with van der Waals surface area (Å²) in [6.07, 6.45) is 6.10. The van der Waals surface area contributed by atoms with Gasteiger partial charge in [0.2, 0.25) is 5.91 Å². The Hall–Kier alpha value is -1.88. The number of nitrogens with zero attached hydrogens (tertiary/aromatic N) is 1. The number of carbonyl (C=O) groups is 2. The van der Waals surface area contributed by atoms with Crippen molar-refractivity contribution in [2.24, 2.45) is 23.7 Å². The van der Waals surface area contributed by atoms with Crippen LogP contribution in [0.4, 0.5) is 5.69 Å². The molecule has 2 aliphatic carbocycles. The maximum absolute atomic E-state index is 12.4. The number of aryl methyl sites for hydroxylation is 1. The van der Waals surface area contributed by atoms with Crippen LogP contribution in [0.3, 0.4) is 0 Å². The van der Waals surface area contributed by atoms with Crippen molar-refractivity contribution in [1.29, 1.82) is 0 Å². The van der Waals surface area contributed by atoms with Gasteiger partial charge in [-0.3, -0.25) is 9.59 Å². The number of anilines is 1. The van der Waals surface area contributed by atoms with Crippen molar-refractivity contribution in [3.05, 3.63) is 35.1 Å². The third-order valence-corrected chi connectivity index (χ3v) is 4.72. The fraction of sp³-hybridized carbons (Fsp3) is 0.400. The van der Waals surface area contributed by atoms with Gasteiger partial charge in [0.1, 0.15) is 5.15 Å². The van der Waals surface area contributed by atoms with E-state index < -0.39 is 17.8 Å². The Kier molecular flexibility index (Phi) is 3.45. The Morgan fingerprint density at radius 3 is 2.62 bits per heavy atom. The molecular formula is C15H15ClN2O3. The molecule has 0 saturated heterocycles. The fourth-order valence-corrected chi connectivity index (χ4v) is 3.47. The number of halogens is 1. The molecule has 1 fully saturated rings. The van der Waals surface area contributed by atoms with Gasteiger partial charge in [-0.1, -0.05) is 23.8 Å². The molecule has 3 rings (SSSR count). The van der Waals surface area contributed by atoms with E-state index in [2.05, 4.69) is 10.3 Å². The molecule has 2 N–H and O–H groups in total. The van der Waals surface area contributed by atoms with Crippen LogP contribution >= 0.6 is 11.6 Å². The summed E-state index contributed by atoms with van der Waals surface area (Å²) in [4.78, 5) is 27.8. The summed E-state index contributed by atoms with van der Waals surface area (Å²) >= 11 is 5.85. The van der Waals surface area contributed by atoms with Gasteiger partial charge in [-0.15, -0.1) is 0 Å². The highest BCUT2D eigenvalue weighted by atomic mass is 35.5. The van der Waals surface area contributed by atoms with E-state index in [-0.39, 0.29) is 17.7 Å². The molecule has 6 heteroatoms. The number of amides is 1. The van der Waals surface area contributed by atoms with Crippen LogP contribution in [-0.4, -0.2) is 22.0 Å². The van der Waals surface area contributed by atoms with E-state index in [1.54, 1.807) is 13.0 Å². The molecule has 1 amide bonds. The monoisotopic (exact) mass is 306 g/mol. The van der Waals surface area contributed by atoms with E-state index in [0.29, 0.717) is 10.8 Å². The number of carboxylic acids is 1. The molecule has 2 bridgehead atoms. The molecule has 21 heavy (non-hydrogen) atoms. The van der Waals surface area contributed by atoms with E-state index in [4.69, 9.17) is 11.6 Å². The van der Waals surface area contributed by atoms with E-state index in [1.165, 1.54) is 6.20 Å². The second-order valence-electron chi connectivity index (χ2n) is 5.66. The fourth-order valence-electron chi connectivity index (χ4n) is 3.37. The highest BCUT2D eigenvalue weighted by molar-refractivity contribution is 6.30. The topological polar surface area (TPSA) is 79.3 Å². The summed E-state index contributed by atoms with van der Waals surface area (Å²) in [5.74, 6) is -2.35. The highest BCUT2D eigenvalue weighted by Crippen LogP contribution is 2.48. The van der Waals surface area contributed by atoms with Crippen molar-refractivity contribution >= 4 is 29.2 Å². The number of rotatable bonds is 3. The van der Waals surface area contributed by atoms with Gasteiger partial charge in [0.05, 0.1) is 23.7 Å². The third kappa shape index (κ3) is 2.42. The van der Waals surface area contributed by atoms with E-state index in [9.17, 15) is 14.7 Å². The first-order valence-corrected chi connectivity index (χ1v) is 7.19. The van der Waals surface area contributed by atoms with Crippen LogP contribution in [0.1, 0.15) is 12.0 Å². The number of nitrogens with one attached hydrogen (secondary N) is 1. The average Bonchev–Trinajstić information content (AvgIpc) is 3.03. The number of fused-ring (bicyclic) bond motifs is 2. The summed E-state index contributed by atoms with van der Waals surface area (Å²) < 4.78 is 0. The van der Waals surface area contributed by atoms with Crippen molar-refractivity contribution in [1.82, 2.24) is 4.98 Å². The number of aromatic nitrogens is 1. The Morgan fingerprint density at radius 1 is 1.33 bits per heavy atom. The number of allylic oxidation sites excluding steroid dienone is 2. The smallest absolute Gasteiger partial charge is 0.307 e. The minimum atomic E-state index is -0.905. The van der Waals surface area contributed by atoms with Gasteiger partial charge < -0.3 is 10.4 Å². The van der Waals surface area contributed by atoms with Crippen molar-refractivity contribution in [2.45, 2.75) is 13.3 Å². The number of carboxylic acid groups (broad SMARTS) is 1. The highest BCUT2D eigenvalue weighted by Gasteiger charge is 2.51. The number of hydrogen-bond donors (Lipinski definition) is 2. The molecule has 0 spiro atoms. The van der Waals surface area contributed by atoms with Gasteiger partial charge in [-0.25, -0.2) is 4.98 Å². The number of pyridine rings is 1. The summed E-state index contributed by atoms with van der Waals surface area (Å²) in [6.45, 7) is 1.80. The molecule has 1 saturated carbocycles. The van der Waals surface area contributed by atoms with Crippen molar-refractivity contribution in [2.75, 3.05) is 5.32 Å². The van der Waals surface area contributed by atoms with Crippen LogP contribution in [0.5, 0.6) is 0 Å². The van der Waals surface area contributed by atoms with E-state index in [1.807, 2.05) is 12.2 Å². The minimum Gasteiger partial charge on any atom is -0.481 e. The molecule has 0 aliphatic heterocycles. The molecule has 1 heterocycles. The lowest BCUT2D eigenvalue weighted by molar-refractivity contribution is -0.146. The Balaban J connectivity index is 1.80. The zero-order valence-electron chi connectivity index (χ0n) is 11.4. The van der Waals surface area contributed by atoms with Crippen LogP contribution in [-0.2, 0) is 9.59 Å². The second-order valence-corrected chi connectivity index (χ2v) is 6.02.